The molecule has 5 atom stereocenters. The number of nitrogens with two attached hydrogens (primary N) is 1. The molecule has 21 nitrogen and oxygen atoms in total. The molecule has 0 aromatic rings. The van der Waals surface area contributed by atoms with Crippen LogP contribution in [0.2, 0.25) is 0 Å². The number of carboxylic acid groups (broad SMARTS) is 6. The van der Waals surface area contributed by atoms with Crippen molar-refractivity contribution in [2.75, 3.05) is 0 Å². The van der Waals surface area contributed by atoms with Gasteiger partial charge in [0.2, 0.25) is 23.6 Å². The molecule has 0 saturated heterocycles. The summed E-state index contributed by atoms with van der Waals surface area (Å²) in [6, 6.07) is -9.11. The minimum Gasteiger partial charge on any atom is -0.481 e. The van der Waals surface area contributed by atoms with E-state index in [4.69, 9.17) is 26.2 Å². The van der Waals surface area contributed by atoms with Crippen LogP contribution in [0.4, 0.5) is 0 Å². The highest BCUT2D eigenvalue weighted by molar-refractivity contribution is 5.97. The fraction of sp³-hybridized carbons (Fsp3) is 0.565. The van der Waals surface area contributed by atoms with Crippen molar-refractivity contribution in [3.8, 4) is 0 Å². The summed E-state index contributed by atoms with van der Waals surface area (Å²) < 4.78 is 0. The van der Waals surface area contributed by atoms with E-state index in [1.807, 2.05) is 16.0 Å². The standard InChI is InChI=1S/C23H33N5O16/c24-9(1-4-14(29)30)19(39)25-10(2-5-15(31)32)20(40)27-13(8-18(37)38)22(42)28-12(7-17(35)36)21(41)26-11(23(43)44)3-6-16(33)34/h9-13H,1-8,24H2,(H,25,39)(H,26,41)(H,27,40)(H,28,42)(H,29,30)(H,31,32)(H,33,34)(H,35,36)(H,37,38)(H,43,44)/t9-,10-,11-,12-,13-/m0/s1. The topological polar surface area (TPSA) is 366 Å². The molecule has 0 aromatic heterocycles. The normalized spacial score (nSPS) is 13.9. The first kappa shape index (κ1) is 38.7. The number of hydrogen-bond donors (Lipinski definition) is 11. The van der Waals surface area contributed by atoms with Crippen molar-refractivity contribution in [3.05, 3.63) is 0 Å². The minimum atomic E-state index is -2.06. The summed E-state index contributed by atoms with van der Waals surface area (Å²) >= 11 is 0. The first-order valence-corrected chi connectivity index (χ1v) is 12.6. The van der Waals surface area contributed by atoms with Crippen LogP contribution >= 0.6 is 0 Å². The molecule has 0 bridgehead atoms. The van der Waals surface area contributed by atoms with Gasteiger partial charge in [0, 0.05) is 19.3 Å². The van der Waals surface area contributed by atoms with E-state index in [-0.39, 0.29) is 6.42 Å². The van der Waals surface area contributed by atoms with Crippen LogP contribution in [0.25, 0.3) is 0 Å². The van der Waals surface area contributed by atoms with Gasteiger partial charge >= 0.3 is 35.8 Å². The van der Waals surface area contributed by atoms with Crippen LogP contribution in [0.5, 0.6) is 0 Å². The molecular formula is C23H33N5O16. The maximum Gasteiger partial charge on any atom is 0.326 e. The van der Waals surface area contributed by atoms with Gasteiger partial charge in [-0.05, 0) is 19.3 Å². The van der Waals surface area contributed by atoms with Crippen LogP contribution in [0.1, 0.15) is 51.4 Å². The van der Waals surface area contributed by atoms with Gasteiger partial charge in [0.1, 0.15) is 24.2 Å². The Morgan fingerprint density at radius 1 is 0.432 bits per heavy atom. The quantitative estimate of drug-likeness (QED) is 0.0538. The molecule has 0 rings (SSSR count). The number of carbonyl (C=O) groups excluding carboxylic acids is 4. The number of carbonyl (C=O) groups is 10. The number of rotatable bonds is 22. The minimum absolute atomic E-state index is 0.370. The molecule has 12 N–H and O–H groups in total. The zero-order chi connectivity index (χ0) is 34.1. The Balaban J connectivity index is 5.94. The average molecular weight is 636 g/mol. The van der Waals surface area contributed by atoms with Gasteiger partial charge in [-0.1, -0.05) is 0 Å². The molecule has 246 valence electrons. The molecule has 0 saturated carbocycles. The summed E-state index contributed by atoms with van der Waals surface area (Å²) in [5, 5.41) is 61.8. The number of nitrogens with one attached hydrogen (secondary N) is 4. The lowest BCUT2D eigenvalue weighted by Gasteiger charge is -2.25. The molecule has 0 aromatic carbocycles. The van der Waals surface area contributed by atoms with E-state index < -0.39 is 135 Å². The summed E-state index contributed by atoms with van der Waals surface area (Å²) in [5.74, 6) is -14.4. The second-order valence-corrected chi connectivity index (χ2v) is 9.18. The third-order valence-electron chi connectivity index (χ3n) is 5.57. The molecule has 0 aliphatic rings. The molecule has 0 unspecified atom stereocenters. The largest absolute Gasteiger partial charge is 0.481 e. The summed E-state index contributed by atoms with van der Waals surface area (Å²) in [7, 11) is 0. The van der Waals surface area contributed by atoms with Gasteiger partial charge in [-0.3, -0.25) is 43.2 Å². The van der Waals surface area contributed by atoms with Crippen molar-refractivity contribution in [1.29, 1.82) is 0 Å². The Morgan fingerprint density at radius 3 is 1.11 bits per heavy atom. The second-order valence-electron chi connectivity index (χ2n) is 9.18. The zero-order valence-electron chi connectivity index (χ0n) is 22.9. The molecule has 0 radical (unpaired) electrons. The van der Waals surface area contributed by atoms with E-state index in [9.17, 15) is 58.2 Å². The molecule has 0 spiro atoms. The Hall–Kier alpha value is -5.34. The smallest absolute Gasteiger partial charge is 0.326 e. The molecular weight excluding hydrogens is 602 g/mol. The van der Waals surface area contributed by atoms with Crippen molar-refractivity contribution in [2.24, 2.45) is 5.73 Å². The van der Waals surface area contributed by atoms with Crippen LogP contribution in [0.3, 0.4) is 0 Å². The number of aliphatic carboxylic acids is 6. The van der Waals surface area contributed by atoms with Crippen molar-refractivity contribution in [3.63, 3.8) is 0 Å². The van der Waals surface area contributed by atoms with Gasteiger partial charge in [-0.25, -0.2) is 4.79 Å². The van der Waals surface area contributed by atoms with Crippen LogP contribution in [-0.4, -0.2) is 120 Å². The van der Waals surface area contributed by atoms with E-state index in [1.165, 1.54) is 0 Å². The monoisotopic (exact) mass is 635 g/mol. The fourth-order valence-corrected chi connectivity index (χ4v) is 3.34. The van der Waals surface area contributed by atoms with E-state index in [2.05, 4.69) is 5.32 Å². The third-order valence-corrected chi connectivity index (χ3v) is 5.57. The fourth-order valence-electron chi connectivity index (χ4n) is 3.34. The molecule has 0 aliphatic carbocycles. The Morgan fingerprint density at radius 2 is 0.750 bits per heavy atom. The van der Waals surface area contributed by atoms with Crippen molar-refractivity contribution >= 4 is 59.4 Å². The molecule has 0 aliphatic heterocycles. The van der Waals surface area contributed by atoms with Crippen LogP contribution in [0.15, 0.2) is 0 Å². The van der Waals surface area contributed by atoms with E-state index >= 15 is 0 Å². The zero-order valence-corrected chi connectivity index (χ0v) is 22.9. The van der Waals surface area contributed by atoms with Gasteiger partial charge in [-0.15, -0.1) is 0 Å². The van der Waals surface area contributed by atoms with Gasteiger partial charge in [-0.2, -0.15) is 0 Å². The number of carboxylic acids is 6. The first-order valence-electron chi connectivity index (χ1n) is 12.6. The Labute approximate surface area is 247 Å². The van der Waals surface area contributed by atoms with Crippen LogP contribution in [-0.2, 0) is 47.9 Å². The molecule has 0 heterocycles. The Bertz CT molecular complexity index is 1140. The molecule has 0 fully saturated rings. The SMILES string of the molecule is N[C@@H](CCC(=O)O)C(=O)N[C@@H](CCC(=O)O)C(=O)N[C@@H](CC(=O)O)C(=O)N[C@@H](CC(=O)O)C(=O)N[C@@H](CCC(=O)O)C(=O)O. The maximum atomic E-state index is 12.9. The highest BCUT2D eigenvalue weighted by Gasteiger charge is 2.34. The average Bonchev–Trinajstić information content (AvgIpc) is 2.89. The third kappa shape index (κ3) is 16.2. The van der Waals surface area contributed by atoms with Crippen molar-refractivity contribution in [2.45, 2.75) is 81.6 Å². The van der Waals surface area contributed by atoms with Crippen LogP contribution in [0, 0.1) is 0 Å². The number of amides is 4. The van der Waals surface area contributed by atoms with Gasteiger partial charge in [0.15, 0.2) is 0 Å². The summed E-state index contributed by atoms with van der Waals surface area (Å²) in [6.45, 7) is 0. The predicted octanol–water partition coefficient (Wildman–Crippen LogP) is -4.12. The van der Waals surface area contributed by atoms with Gasteiger partial charge in [0.05, 0.1) is 18.9 Å². The van der Waals surface area contributed by atoms with Gasteiger partial charge < -0.3 is 57.6 Å². The van der Waals surface area contributed by atoms with E-state index in [1.54, 1.807) is 0 Å². The molecule has 44 heavy (non-hydrogen) atoms. The lowest BCUT2D eigenvalue weighted by molar-refractivity contribution is -0.145. The second kappa shape index (κ2) is 19.0. The first-order chi connectivity index (χ1) is 20.3. The predicted molar refractivity (Wildman–Crippen MR) is 138 cm³/mol. The van der Waals surface area contributed by atoms with Crippen LogP contribution < -0.4 is 27.0 Å². The highest BCUT2D eigenvalue weighted by atomic mass is 16.4. The van der Waals surface area contributed by atoms with Crippen molar-refractivity contribution < 1.29 is 78.6 Å². The number of hydrogen-bond acceptors (Lipinski definition) is 11. The summed E-state index contributed by atoms with van der Waals surface area (Å²) in [5.41, 5.74) is 5.58. The highest BCUT2D eigenvalue weighted by Crippen LogP contribution is 2.06. The van der Waals surface area contributed by atoms with Gasteiger partial charge in [0.25, 0.3) is 0 Å². The summed E-state index contributed by atoms with van der Waals surface area (Å²) in [6.07, 6.45) is -5.88. The molecule has 4 amide bonds. The Kier molecular flexibility index (Phi) is 16.7. The van der Waals surface area contributed by atoms with Crippen molar-refractivity contribution in [1.82, 2.24) is 21.3 Å². The maximum absolute atomic E-state index is 12.9. The summed E-state index contributed by atoms with van der Waals surface area (Å²) in [4.78, 5) is 117. The lowest BCUT2D eigenvalue weighted by atomic mass is 10.1. The molecule has 21 heteroatoms. The van der Waals surface area contributed by atoms with E-state index in [0.717, 1.165) is 0 Å². The van der Waals surface area contributed by atoms with E-state index in [0.29, 0.717) is 0 Å². The lowest BCUT2D eigenvalue weighted by Crippen LogP contribution is -2.59.